The van der Waals surface area contributed by atoms with Gasteiger partial charge in [-0.2, -0.15) is 0 Å². The summed E-state index contributed by atoms with van der Waals surface area (Å²) >= 11 is 0. The van der Waals surface area contributed by atoms with Crippen molar-refractivity contribution in [2.75, 3.05) is 13.7 Å². The molecular weight excluding hydrogens is 216 g/mol. The third kappa shape index (κ3) is 2.02. The highest BCUT2D eigenvalue weighted by Crippen LogP contribution is 2.42. The summed E-state index contributed by atoms with van der Waals surface area (Å²) in [5, 5.41) is 0. The van der Waals surface area contributed by atoms with Crippen molar-refractivity contribution < 1.29 is 14.3 Å². The zero-order valence-electron chi connectivity index (χ0n) is 10.6. The van der Waals surface area contributed by atoms with Gasteiger partial charge >= 0.3 is 0 Å². The molecule has 0 bridgehead atoms. The van der Waals surface area contributed by atoms with E-state index in [1.54, 1.807) is 14.0 Å². The van der Waals surface area contributed by atoms with Gasteiger partial charge < -0.3 is 9.47 Å². The van der Waals surface area contributed by atoms with E-state index in [2.05, 4.69) is 6.92 Å². The van der Waals surface area contributed by atoms with Gasteiger partial charge in [0.2, 0.25) is 0 Å². The number of carbonyl (C=O) groups is 1. The van der Waals surface area contributed by atoms with Gasteiger partial charge in [0.15, 0.2) is 5.78 Å². The first-order chi connectivity index (χ1) is 8.19. The Labute approximate surface area is 102 Å². The Morgan fingerprint density at radius 2 is 2.29 bits per heavy atom. The number of ether oxygens (including phenoxy) is 2. The fraction of sp³-hybridized carbons (Fsp3) is 0.500. The Bertz CT molecular complexity index is 435. The van der Waals surface area contributed by atoms with Crippen molar-refractivity contribution in [3.8, 4) is 11.5 Å². The number of Topliss-reactive ketones (excluding diaryl/α,β-unsaturated/α-hetero) is 1. The van der Waals surface area contributed by atoms with Crippen LogP contribution in [-0.4, -0.2) is 19.5 Å². The van der Waals surface area contributed by atoms with Crippen LogP contribution >= 0.6 is 0 Å². The Morgan fingerprint density at radius 3 is 2.88 bits per heavy atom. The molecule has 0 saturated heterocycles. The number of fused-ring (bicyclic) bond motifs is 1. The van der Waals surface area contributed by atoms with Crippen LogP contribution in [0.4, 0.5) is 0 Å². The predicted molar refractivity (Wildman–Crippen MR) is 66.1 cm³/mol. The molecule has 17 heavy (non-hydrogen) atoms. The van der Waals surface area contributed by atoms with Crippen LogP contribution in [-0.2, 0) is 0 Å². The van der Waals surface area contributed by atoms with Crippen molar-refractivity contribution in [1.82, 2.24) is 0 Å². The van der Waals surface area contributed by atoms with Gasteiger partial charge in [0.25, 0.3) is 0 Å². The zero-order valence-corrected chi connectivity index (χ0v) is 10.6. The lowest BCUT2D eigenvalue weighted by atomic mass is 9.90. The minimum atomic E-state index is 0.0466. The first-order valence-electron chi connectivity index (χ1n) is 6.03. The van der Waals surface area contributed by atoms with Crippen LogP contribution in [0.1, 0.15) is 48.5 Å². The second-order valence-corrected chi connectivity index (χ2v) is 4.41. The fourth-order valence-corrected chi connectivity index (χ4v) is 2.49. The Balaban J connectivity index is 2.54. The van der Waals surface area contributed by atoms with E-state index in [9.17, 15) is 4.79 Å². The van der Waals surface area contributed by atoms with Crippen LogP contribution in [0.25, 0.3) is 0 Å². The fourth-order valence-electron chi connectivity index (χ4n) is 2.49. The molecule has 0 spiro atoms. The topological polar surface area (TPSA) is 35.5 Å². The SMILES string of the molecule is CCCC1COc2ccc(OC)c(C(C)=O)c21. The van der Waals surface area contributed by atoms with Crippen LogP contribution in [0, 0.1) is 0 Å². The maximum Gasteiger partial charge on any atom is 0.163 e. The van der Waals surface area contributed by atoms with E-state index in [0.29, 0.717) is 23.8 Å². The van der Waals surface area contributed by atoms with Crippen LogP contribution in [0.15, 0.2) is 12.1 Å². The van der Waals surface area contributed by atoms with Crippen LogP contribution in [0.3, 0.4) is 0 Å². The summed E-state index contributed by atoms with van der Waals surface area (Å²) < 4.78 is 10.9. The summed E-state index contributed by atoms with van der Waals surface area (Å²) in [7, 11) is 1.60. The Hall–Kier alpha value is -1.51. The molecule has 0 fully saturated rings. The summed E-state index contributed by atoms with van der Waals surface area (Å²) in [5.74, 6) is 1.87. The molecule has 0 amide bonds. The van der Waals surface area contributed by atoms with E-state index < -0.39 is 0 Å². The second-order valence-electron chi connectivity index (χ2n) is 4.41. The summed E-state index contributed by atoms with van der Waals surface area (Å²) in [6.07, 6.45) is 2.13. The molecule has 1 heterocycles. The third-order valence-electron chi connectivity index (χ3n) is 3.22. The van der Waals surface area contributed by atoms with Gasteiger partial charge in [-0.1, -0.05) is 13.3 Å². The first-order valence-corrected chi connectivity index (χ1v) is 6.03. The van der Waals surface area contributed by atoms with Crippen molar-refractivity contribution in [1.29, 1.82) is 0 Å². The molecule has 1 aliphatic rings. The lowest BCUT2D eigenvalue weighted by Gasteiger charge is -2.13. The van der Waals surface area contributed by atoms with Gasteiger partial charge in [-0.3, -0.25) is 4.79 Å². The molecule has 1 aliphatic heterocycles. The molecule has 92 valence electrons. The predicted octanol–water partition coefficient (Wildman–Crippen LogP) is 3.17. The normalized spacial score (nSPS) is 17.5. The average molecular weight is 234 g/mol. The highest BCUT2D eigenvalue weighted by atomic mass is 16.5. The maximum atomic E-state index is 11.8. The van der Waals surface area contributed by atoms with Gasteiger partial charge in [-0.15, -0.1) is 0 Å². The van der Waals surface area contributed by atoms with Gasteiger partial charge in [-0.05, 0) is 25.5 Å². The number of rotatable bonds is 4. The maximum absolute atomic E-state index is 11.8. The molecule has 1 aromatic rings. The highest BCUT2D eigenvalue weighted by Gasteiger charge is 2.30. The molecule has 2 rings (SSSR count). The van der Waals surface area contributed by atoms with E-state index in [1.807, 2.05) is 12.1 Å². The molecule has 1 aromatic carbocycles. The van der Waals surface area contributed by atoms with Crippen molar-refractivity contribution in [2.45, 2.75) is 32.6 Å². The first kappa shape index (κ1) is 12.0. The number of hydrogen-bond donors (Lipinski definition) is 0. The lowest BCUT2D eigenvalue weighted by Crippen LogP contribution is -2.06. The lowest BCUT2D eigenvalue weighted by molar-refractivity contribution is 0.101. The van der Waals surface area contributed by atoms with Gasteiger partial charge in [0.05, 0.1) is 19.3 Å². The van der Waals surface area contributed by atoms with E-state index >= 15 is 0 Å². The molecule has 3 heteroatoms. The molecule has 1 atom stereocenters. The minimum absolute atomic E-state index is 0.0466. The third-order valence-corrected chi connectivity index (χ3v) is 3.22. The molecule has 0 aromatic heterocycles. The number of methoxy groups -OCH3 is 1. The van der Waals surface area contributed by atoms with Gasteiger partial charge in [0.1, 0.15) is 11.5 Å². The summed E-state index contributed by atoms with van der Waals surface area (Å²) in [5.41, 5.74) is 1.74. The number of benzene rings is 1. The second kappa shape index (κ2) is 4.78. The monoisotopic (exact) mass is 234 g/mol. The molecule has 0 aliphatic carbocycles. The van der Waals surface area contributed by atoms with Crippen molar-refractivity contribution in [3.63, 3.8) is 0 Å². The molecule has 1 unspecified atom stereocenters. The van der Waals surface area contributed by atoms with Crippen LogP contribution < -0.4 is 9.47 Å². The van der Waals surface area contributed by atoms with Gasteiger partial charge in [-0.25, -0.2) is 0 Å². The quantitative estimate of drug-likeness (QED) is 0.751. The van der Waals surface area contributed by atoms with E-state index in [1.165, 1.54) is 0 Å². The number of hydrogen-bond acceptors (Lipinski definition) is 3. The summed E-state index contributed by atoms with van der Waals surface area (Å²) in [4.78, 5) is 11.8. The molecule has 0 saturated carbocycles. The minimum Gasteiger partial charge on any atom is -0.496 e. The molecule has 0 N–H and O–H groups in total. The van der Waals surface area contributed by atoms with E-state index in [4.69, 9.17) is 9.47 Å². The van der Waals surface area contributed by atoms with Crippen LogP contribution in [0.5, 0.6) is 11.5 Å². The molecular formula is C14H18O3. The van der Waals surface area contributed by atoms with Crippen LogP contribution in [0.2, 0.25) is 0 Å². The smallest absolute Gasteiger partial charge is 0.163 e. The van der Waals surface area contributed by atoms with E-state index in [-0.39, 0.29) is 5.78 Å². The number of ketones is 1. The Morgan fingerprint density at radius 1 is 1.53 bits per heavy atom. The Kier molecular flexibility index (Phi) is 3.36. The highest BCUT2D eigenvalue weighted by molar-refractivity contribution is 5.99. The standard InChI is InChI=1S/C14H18O3/c1-4-5-10-8-17-12-7-6-11(16-3)13(9(2)15)14(10)12/h6-7,10H,4-5,8H2,1-3H3. The molecule has 0 radical (unpaired) electrons. The summed E-state index contributed by atoms with van der Waals surface area (Å²) in [6, 6.07) is 3.71. The van der Waals surface area contributed by atoms with Crippen molar-refractivity contribution in [2.24, 2.45) is 0 Å². The number of carbonyl (C=O) groups excluding carboxylic acids is 1. The largest absolute Gasteiger partial charge is 0.496 e. The summed E-state index contributed by atoms with van der Waals surface area (Å²) in [6.45, 7) is 4.40. The van der Waals surface area contributed by atoms with Crippen molar-refractivity contribution in [3.05, 3.63) is 23.3 Å². The van der Waals surface area contributed by atoms with E-state index in [0.717, 1.165) is 24.2 Å². The van der Waals surface area contributed by atoms with Crippen molar-refractivity contribution >= 4 is 5.78 Å². The zero-order chi connectivity index (χ0) is 12.4. The van der Waals surface area contributed by atoms with Gasteiger partial charge in [0, 0.05) is 11.5 Å². The average Bonchev–Trinajstić information content (AvgIpc) is 2.71. The molecule has 3 nitrogen and oxygen atoms in total.